The zero-order valence-electron chi connectivity index (χ0n) is 9.57. The lowest BCUT2D eigenvalue weighted by Gasteiger charge is -2.14. The second kappa shape index (κ2) is 3.81. The minimum Gasteiger partial charge on any atom is -0.493 e. The highest BCUT2D eigenvalue weighted by Crippen LogP contribution is 2.33. The van der Waals surface area contributed by atoms with Gasteiger partial charge in [0, 0.05) is 6.07 Å². The number of rotatable bonds is 1. The van der Waals surface area contributed by atoms with Crippen molar-refractivity contribution in [1.29, 1.82) is 0 Å². The van der Waals surface area contributed by atoms with Crippen LogP contribution < -0.4 is 4.90 Å². The number of hydrogen-bond acceptors (Lipinski definition) is 5. The summed E-state index contributed by atoms with van der Waals surface area (Å²) in [6.07, 6.45) is 0. The number of hydrogen-bond donors (Lipinski definition) is 2. The molecule has 0 unspecified atom stereocenters. The molecule has 94 valence electrons. The maximum atomic E-state index is 12.1. The normalized spacial score (nSPS) is 13.8. The second-order valence-corrected chi connectivity index (χ2v) is 4.00. The molecule has 0 radical (unpaired) electrons. The summed E-state index contributed by atoms with van der Waals surface area (Å²) in [6, 6.07) is 8.85. The Balaban J connectivity index is 2.14. The van der Waals surface area contributed by atoms with E-state index in [1.54, 1.807) is 24.3 Å². The van der Waals surface area contributed by atoms with Crippen LogP contribution in [0.3, 0.4) is 0 Å². The fourth-order valence-corrected chi connectivity index (χ4v) is 2.01. The van der Waals surface area contributed by atoms with E-state index >= 15 is 0 Å². The van der Waals surface area contributed by atoms with Gasteiger partial charge in [-0.2, -0.15) is 4.98 Å². The van der Waals surface area contributed by atoms with Gasteiger partial charge < -0.3 is 10.2 Å². The van der Waals surface area contributed by atoms with Gasteiger partial charge in [0.2, 0.25) is 11.8 Å². The molecule has 0 spiro atoms. The van der Waals surface area contributed by atoms with Crippen LogP contribution in [-0.4, -0.2) is 27.0 Å². The summed E-state index contributed by atoms with van der Waals surface area (Å²) < 4.78 is 0. The average Bonchev–Trinajstić information content (AvgIpc) is 2.64. The van der Waals surface area contributed by atoms with Crippen molar-refractivity contribution >= 4 is 17.5 Å². The zero-order valence-corrected chi connectivity index (χ0v) is 9.57. The van der Waals surface area contributed by atoms with E-state index in [4.69, 9.17) is 5.11 Å². The standard InChI is InChI=1S/C13H8N2O4/c16-10-6-5-9(11(17)14-10)15-12(18)7-3-1-2-4-8(7)13(15)19/h1-6H,(H2,14,16,17). The Labute approximate surface area is 107 Å². The van der Waals surface area contributed by atoms with Crippen molar-refractivity contribution in [2.45, 2.75) is 0 Å². The third-order valence-electron chi connectivity index (χ3n) is 2.87. The molecule has 0 aliphatic carbocycles. The summed E-state index contributed by atoms with van der Waals surface area (Å²) in [5.41, 5.74) is 0.504. The molecule has 2 amide bonds. The molecule has 1 aliphatic rings. The van der Waals surface area contributed by atoms with Crippen LogP contribution in [0.1, 0.15) is 20.7 Å². The van der Waals surface area contributed by atoms with E-state index in [9.17, 15) is 14.7 Å². The van der Waals surface area contributed by atoms with Gasteiger partial charge in [0.05, 0.1) is 11.1 Å². The fourth-order valence-electron chi connectivity index (χ4n) is 2.01. The number of anilines is 1. The molecule has 6 heteroatoms. The van der Waals surface area contributed by atoms with E-state index in [1.165, 1.54) is 12.1 Å². The molecular formula is C13H8N2O4. The van der Waals surface area contributed by atoms with E-state index < -0.39 is 23.6 Å². The van der Waals surface area contributed by atoms with Gasteiger partial charge in [-0.25, -0.2) is 4.90 Å². The van der Waals surface area contributed by atoms with E-state index in [0.717, 1.165) is 4.90 Å². The number of amides is 2. The average molecular weight is 256 g/mol. The fraction of sp³-hybridized carbons (Fsp3) is 0. The van der Waals surface area contributed by atoms with Gasteiger partial charge in [-0.3, -0.25) is 9.59 Å². The van der Waals surface area contributed by atoms with Crippen molar-refractivity contribution in [3.8, 4) is 11.8 Å². The first-order valence-electron chi connectivity index (χ1n) is 5.46. The maximum Gasteiger partial charge on any atom is 0.266 e. The van der Waals surface area contributed by atoms with Crippen LogP contribution in [0, 0.1) is 0 Å². The van der Waals surface area contributed by atoms with Gasteiger partial charge in [0.25, 0.3) is 11.8 Å². The third-order valence-corrected chi connectivity index (χ3v) is 2.87. The van der Waals surface area contributed by atoms with Gasteiger partial charge >= 0.3 is 0 Å². The van der Waals surface area contributed by atoms with Crippen molar-refractivity contribution in [2.75, 3.05) is 4.90 Å². The SMILES string of the molecule is O=C1c2ccccc2C(=O)N1c1ccc(O)nc1O. The lowest BCUT2D eigenvalue weighted by Crippen LogP contribution is -2.29. The quantitative estimate of drug-likeness (QED) is 0.750. The lowest BCUT2D eigenvalue weighted by atomic mass is 10.1. The number of fused-ring (bicyclic) bond motifs is 1. The second-order valence-electron chi connectivity index (χ2n) is 4.00. The number of carbonyl (C=O) groups is 2. The predicted molar refractivity (Wildman–Crippen MR) is 65.1 cm³/mol. The number of nitrogens with zero attached hydrogens (tertiary/aromatic N) is 2. The molecule has 19 heavy (non-hydrogen) atoms. The minimum absolute atomic E-state index is 0.0519. The Kier molecular flexibility index (Phi) is 2.25. The first-order valence-corrected chi connectivity index (χ1v) is 5.46. The Morgan fingerprint density at radius 3 is 2.00 bits per heavy atom. The first-order chi connectivity index (χ1) is 9.09. The van der Waals surface area contributed by atoms with Gasteiger partial charge in [-0.1, -0.05) is 12.1 Å². The molecule has 6 nitrogen and oxygen atoms in total. The van der Waals surface area contributed by atoms with E-state index in [0.29, 0.717) is 0 Å². The molecule has 2 aromatic rings. The number of aromatic hydroxyl groups is 2. The monoisotopic (exact) mass is 256 g/mol. The van der Waals surface area contributed by atoms with Crippen molar-refractivity contribution < 1.29 is 19.8 Å². The van der Waals surface area contributed by atoms with Crippen molar-refractivity contribution in [3.63, 3.8) is 0 Å². The molecule has 0 fully saturated rings. The largest absolute Gasteiger partial charge is 0.493 e. The Hall–Kier alpha value is -2.89. The molecule has 2 heterocycles. The summed E-state index contributed by atoms with van der Waals surface area (Å²) in [7, 11) is 0. The first kappa shape index (κ1) is 11.2. The molecule has 0 saturated heterocycles. The van der Waals surface area contributed by atoms with Crippen LogP contribution in [0.25, 0.3) is 0 Å². The van der Waals surface area contributed by atoms with E-state index in [-0.39, 0.29) is 16.8 Å². The molecule has 0 atom stereocenters. The molecule has 1 aromatic heterocycles. The number of carbonyl (C=O) groups excluding carboxylic acids is 2. The zero-order chi connectivity index (χ0) is 13.6. The summed E-state index contributed by atoms with van der Waals surface area (Å²) in [6.45, 7) is 0. The van der Waals surface area contributed by atoms with Crippen molar-refractivity contribution in [2.24, 2.45) is 0 Å². The summed E-state index contributed by atoms with van der Waals surface area (Å²) in [4.78, 5) is 28.6. The minimum atomic E-state index is -0.575. The van der Waals surface area contributed by atoms with Crippen LogP contribution in [0.2, 0.25) is 0 Å². The van der Waals surface area contributed by atoms with Gasteiger partial charge in [0.1, 0.15) is 5.69 Å². The van der Waals surface area contributed by atoms with Gasteiger partial charge in [0.15, 0.2) is 0 Å². The van der Waals surface area contributed by atoms with Crippen LogP contribution in [0.5, 0.6) is 11.8 Å². The summed E-state index contributed by atoms with van der Waals surface area (Å²) >= 11 is 0. The highest BCUT2D eigenvalue weighted by atomic mass is 16.3. The summed E-state index contributed by atoms with van der Waals surface area (Å²) in [5.74, 6) is -2.01. The lowest BCUT2D eigenvalue weighted by molar-refractivity contribution is 0.0924. The van der Waals surface area contributed by atoms with Crippen LogP contribution in [0.15, 0.2) is 36.4 Å². The molecule has 2 N–H and O–H groups in total. The number of aromatic nitrogens is 1. The van der Waals surface area contributed by atoms with Crippen LogP contribution in [0.4, 0.5) is 5.69 Å². The molecule has 0 bridgehead atoms. The number of pyridine rings is 1. The topological polar surface area (TPSA) is 90.7 Å². The third kappa shape index (κ3) is 1.54. The van der Waals surface area contributed by atoms with Crippen molar-refractivity contribution in [3.05, 3.63) is 47.5 Å². The maximum absolute atomic E-state index is 12.1. The Bertz CT molecular complexity index is 677. The molecule has 1 aliphatic heterocycles. The summed E-state index contributed by atoms with van der Waals surface area (Å²) in [5, 5.41) is 18.8. The van der Waals surface area contributed by atoms with Gasteiger partial charge in [-0.15, -0.1) is 0 Å². The number of imide groups is 1. The highest BCUT2D eigenvalue weighted by Gasteiger charge is 2.37. The molecule has 0 saturated carbocycles. The predicted octanol–water partition coefficient (Wildman–Crippen LogP) is 1.29. The van der Waals surface area contributed by atoms with Crippen molar-refractivity contribution in [1.82, 2.24) is 4.98 Å². The van der Waals surface area contributed by atoms with E-state index in [1.807, 2.05) is 0 Å². The molecule has 1 aromatic carbocycles. The van der Waals surface area contributed by atoms with E-state index in [2.05, 4.69) is 4.98 Å². The number of benzene rings is 1. The van der Waals surface area contributed by atoms with Crippen LogP contribution >= 0.6 is 0 Å². The Morgan fingerprint density at radius 1 is 0.895 bits per heavy atom. The van der Waals surface area contributed by atoms with Crippen LogP contribution in [-0.2, 0) is 0 Å². The molecular weight excluding hydrogens is 248 g/mol. The highest BCUT2D eigenvalue weighted by molar-refractivity contribution is 6.34. The molecule has 3 rings (SSSR count). The smallest absolute Gasteiger partial charge is 0.266 e. The Morgan fingerprint density at radius 2 is 1.47 bits per heavy atom. The van der Waals surface area contributed by atoms with Gasteiger partial charge in [-0.05, 0) is 18.2 Å².